The van der Waals surface area contributed by atoms with E-state index in [1.807, 2.05) is 0 Å². The second-order valence-electron chi connectivity index (χ2n) is 5.15. The Morgan fingerprint density at radius 2 is 1.42 bits per heavy atom. The summed E-state index contributed by atoms with van der Waals surface area (Å²) in [6.07, 6.45) is 5.63. The van der Waals surface area contributed by atoms with Gasteiger partial charge in [0.05, 0.1) is 7.11 Å². The molecule has 0 amide bonds. The topological polar surface area (TPSA) is 126 Å². The van der Waals surface area contributed by atoms with Crippen LogP contribution in [0.1, 0.15) is 11.1 Å². The molecule has 0 spiro atoms. The Kier molecular flexibility index (Phi) is 4.85. The molecule has 2 aromatic rings. The van der Waals surface area contributed by atoms with Crippen molar-refractivity contribution in [2.24, 2.45) is 22.4 Å². The Hall–Kier alpha value is -2.92. The van der Waals surface area contributed by atoms with Gasteiger partial charge in [0.2, 0.25) is 5.54 Å². The summed E-state index contributed by atoms with van der Waals surface area (Å²) in [5.74, 6) is 1.64. The van der Waals surface area contributed by atoms with E-state index in [1.54, 1.807) is 55.6 Å². The van der Waals surface area contributed by atoms with Crippen molar-refractivity contribution in [3.8, 4) is 23.8 Å². The van der Waals surface area contributed by atoms with Crippen LogP contribution in [0.4, 0.5) is 0 Å². The number of ether oxygens (including phenoxy) is 2. The van der Waals surface area contributed by atoms with Gasteiger partial charge in [0.1, 0.15) is 11.5 Å². The fourth-order valence-corrected chi connectivity index (χ4v) is 2.27. The quantitative estimate of drug-likeness (QED) is 0.416. The molecule has 1 atom stereocenters. The van der Waals surface area contributed by atoms with E-state index in [0.29, 0.717) is 22.6 Å². The van der Waals surface area contributed by atoms with Gasteiger partial charge in [0.25, 0.3) is 5.97 Å². The van der Waals surface area contributed by atoms with Gasteiger partial charge in [-0.2, -0.15) is 0 Å². The van der Waals surface area contributed by atoms with E-state index in [4.69, 9.17) is 33.1 Å². The molecule has 0 bridgehead atoms. The Morgan fingerprint density at radius 3 is 1.75 bits per heavy atom. The maximum absolute atomic E-state index is 11.6. The molecule has 6 N–H and O–H groups in total. The lowest BCUT2D eigenvalue weighted by Crippen LogP contribution is -2.62. The molecule has 2 aromatic carbocycles. The van der Waals surface area contributed by atoms with Gasteiger partial charge in [-0.1, -0.05) is 30.2 Å². The van der Waals surface area contributed by atoms with Crippen molar-refractivity contribution in [1.29, 1.82) is 0 Å². The third-order valence-electron chi connectivity index (χ3n) is 3.42. The lowest BCUT2D eigenvalue weighted by atomic mass is 9.84. The number of hydrogen-bond acceptors (Lipinski definition) is 7. The van der Waals surface area contributed by atoms with E-state index < -0.39 is 11.5 Å². The van der Waals surface area contributed by atoms with Crippen LogP contribution in [0.25, 0.3) is 0 Å². The molecule has 0 aromatic heterocycles. The van der Waals surface area contributed by atoms with E-state index >= 15 is 0 Å². The van der Waals surface area contributed by atoms with Crippen LogP contribution in [0.15, 0.2) is 53.7 Å². The lowest BCUT2D eigenvalue weighted by molar-refractivity contribution is 0.0901. The van der Waals surface area contributed by atoms with Gasteiger partial charge >= 0.3 is 0 Å². The summed E-state index contributed by atoms with van der Waals surface area (Å²) in [6, 6.07) is 13.1. The molecule has 0 aliphatic heterocycles. The van der Waals surface area contributed by atoms with Gasteiger partial charge in [-0.3, -0.25) is 17.2 Å². The zero-order valence-electron chi connectivity index (χ0n) is 13.1. The van der Waals surface area contributed by atoms with Crippen LogP contribution in [0.5, 0.6) is 11.5 Å². The normalized spacial score (nSPS) is 13.5. The summed E-state index contributed by atoms with van der Waals surface area (Å²) in [4.78, 5) is 11.6. The highest BCUT2D eigenvalue weighted by molar-refractivity contribution is 5.49. The smallest absolute Gasteiger partial charge is 0.271 e. The van der Waals surface area contributed by atoms with Gasteiger partial charge in [0, 0.05) is 11.1 Å². The van der Waals surface area contributed by atoms with E-state index in [9.17, 15) is 4.91 Å². The molecule has 0 aliphatic rings. The van der Waals surface area contributed by atoms with Crippen LogP contribution in [-0.4, -0.2) is 13.1 Å². The number of nitroso groups, excluding NO2 is 1. The highest BCUT2D eigenvalue weighted by atomic mass is 16.5. The molecule has 7 heteroatoms. The fourth-order valence-electron chi connectivity index (χ4n) is 2.27. The maximum atomic E-state index is 11.6. The van der Waals surface area contributed by atoms with Crippen molar-refractivity contribution >= 4 is 0 Å². The SMILES string of the molecule is C#CC(N=O)(c1ccc(OC)cc1)c1ccc(OC(N)(N)N)cc1. The van der Waals surface area contributed by atoms with Crippen LogP contribution in [-0.2, 0) is 5.54 Å². The van der Waals surface area contributed by atoms with Gasteiger partial charge < -0.3 is 9.47 Å². The highest BCUT2D eigenvalue weighted by Gasteiger charge is 2.34. The van der Waals surface area contributed by atoms with Crippen LogP contribution in [0, 0.1) is 17.3 Å². The molecule has 0 aliphatic carbocycles. The molecule has 0 heterocycles. The number of hydrogen-bond donors (Lipinski definition) is 3. The highest BCUT2D eigenvalue weighted by Crippen LogP contribution is 2.35. The van der Waals surface area contributed by atoms with Crippen molar-refractivity contribution in [1.82, 2.24) is 0 Å². The monoisotopic (exact) mass is 326 g/mol. The number of benzene rings is 2. The number of nitrogens with two attached hydrogens (primary N) is 3. The first-order chi connectivity index (χ1) is 11.3. The van der Waals surface area contributed by atoms with Crippen molar-refractivity contribution in [2.45, 2.75) is 11.5 Å². The van der Waals surface area contributed by atoms with Crippen molar-refractivity contribution in [3.05, 3.63) is 64.6 Å². The van der Waals surface area contributed by atoms with Gasteiger partial charge in [-0.25, -0.2) is 0 Å². The summed E-state index contributed by atoms with van der Waals surface area (Å²) < 4.78 is 10.2. The summed E-state index contributed by atoms with van der Waals surface area (Å²) in [5, 5.41) is 3.20. The Labute approximate surface area is 139 Å². The summed E-state index contributed by atoms with van der Waals surface area (Å²) >= 11 is 0. The average molecular weight is 326 g/mol. The van der Waals surface area contributed by atoms with E-state index in [1.165, 1.54) is 0 Å². The van der Waals surface area contributed by atoms with Gasteiger partial charge in [0.15, 0.2) is 0 Å². The van der Waals surface area contributed by atoms with E-state index in [0.717, 1.165) is 0 Å². The number of terminal acetylenes is 1. The second kappa shape index (κ2) is 6.68. The first kappa shape index (κ1) is 17.4. The average Bonchev–Trinajstić information content (AvgIpc) is 2.57. The zero-order valence-corrected chi connectivity index (χ0v) is 13.1. The largest absolute Gasteiger partial charge is 0.497 e. The third-order valence-corrected chi connectivity index (χ3v) is 3.42. The number of methoxy groups -OCH3 is 1. The predicted octanol–water partition coefficient (Wildman–Crippen LogP) is 1.20. The van der Waals surface area contributed by atoms with Crippen LogP contribution >= 0.6 is 0 Å². The molecular formula is C17H18N4O3. The van der Waals surface area contributed by atoms with Crippen LogP contribution < -0.4 is 26.7 Å². The Bertz CT molecular complexity index is 745. The standard InChI is InChI=1S/C17H18N4O3/c1-3-16(21-22,12-4-8-14(23-2)9-5-12)13-6-10-15(11-7-13)24-17(18,19)20/h1,4-11H,18-20H2,2H3. The van der Waals surface area contributed by atoms with Gasteiger partial charge in [-0.15, -0.1) is 11.3 Å². The second-order valence-corrected chi connectivity index (χ2v) is 5.15. The lowest BCUT2D eigenvalue weighted by Gasteiger charge is -2.23. The molecule has 2 rings (SSSR count). The van der Waals surface area contributed by atoms with E-state index in [-0.39, 0.29) is 0 Å². The molecule has 7 nitrogen and oxygen atoms in total. The first-order valence-electron chi connectivity index (χ1n) is 6.97. The minimum absolute atomic E-state index is 0.331. The minimum atomic E-state index is -1.80. The fraction of sp³-hybridized carbons (Fsp3) is 0.176. The molecule has 0 saturated carbocycles. The van der Waals surface area contributed by atoms with Crippen LogP contribution in [0.2, 0.25) is 0 Å². The van der Waals surface area contributed by atoms with Gasteiger partial charge in [-0.05, 0) is 29.4 Å². The third kappa shape index (κ3) is 3.52. The summed E-state index contributed by atoms with van der Waals surface area (Å²) in [7, 11) is 1.55. The minimum Gasteiger partial charge on any atom is -0.497 e. The van der Waals surface area contributed by atoms with E-state index in [2.05, 4.69) is 11.1 Å². The van der Waals surface area contributed by atoms with Crippen LogP contribution in [0.3, 0.4) is 0 Å². The predicted molar refractivity (Wildman–Crippen MR) is 90.8 cm³/mol. The summed E-state index contributed by atoms with van der Waals surface area (Å²) in [6.45, 7) is 0. The molecule has 0 radical (unpaired) electrons. The summed E-state index contributed by atoms with van der Waals surface area (Å²) in [5.41, 5.74) is 15.7. The van der Waals surface area contributed by atoms with Crippen molar-refractivity contribution in [3.63, 3.8) is 0 Å². The number of rotatable bonds is 6. The zero-order chi connectivity index (χ0) is 17.8. The first-order valence-corrected chi connectivity index (χ1v) is 6.97. The van der Waals surface area contributed by atoms with Crippen molar-refractivity contribution in [2.75, 3.05) is 7.11 Å². The molecule has 1 unspecified atom stereocenters. The molecule has 24 heavy (non-hydrogen) atoms. The molecule has 124 valence electrons. The van der Waals surface area contributed by atoms with Crippen molar-refractivity contribution < 1.29 is 9.47 Å². The number of nitrogens with zero attached hydrogens (tertiary/aromatic N) is 1. The molecule has 0 saturated heterocycles. The molecular weight excluding hydrogens is 308 g/mol. The Morgan fingerprint density at radius 1 is 0.958 bits per heavy atom. The molecule has 0 fully saturated rings. The Balaban J connectivity index is 2.43. The maximum Gasteiger partial charge on any atom is 0.271 e.